The van der Waals surface area contributed by atoms with Crippen molar-refractivity contribution in [3.8, 4) is 5.75 Å². The number of carbonyl (C=O) groups excluding carboxylic acids is 1. The second kappa shape index (κ2) is 5.77. The van der Waals surface area contributed by atoms with Crippen molar-refractivity contribution in [2.24, 2.45) is 0 Å². The standard InChI is InChI=1S/C14H11NO4/c16-13(8-10-4-3-7-15-9-10)19-12-6-2-1-5-11(12)14(17)18/h1-7,9H,8H2,(H,17,18). The number of aromatic nitrogens is 1. The number of carboxylic acid groups (broad SMARTS) is 1. The minimum atomic E-state index is -1.13. The van der Waals surface area contributed by atoms with Crippen molar-refractivity contribution in [2.75, 3.05) is 0 Å². The maximum Gasteiger partial charge on any atom is 0.339 e. The predicted octanol–water partition coefficient (Wildman–Crippen LogP) is 1.93. The van der Waals surface area contributed by atoms with E-state index in [1.54, 1.807) is 36.7 Å². The number of benzene rings is 1. The summed E-state index contributed by atoms with van der Waals surface area (Å²) >= 11 is 0. The number of pyridine rings is 1. The normalized spacial score (nSPS) is 9.89. The molecule has 1 heterocycles. The van der Waals surface area contributed by atoms with E-state index in [0.717, 1.165) is 0 Å². The first-order chi connectivity index (χ1) is 9.16. The van der Waals surface area contributed by atoms with E-state index in [9.17, 15) is 9.59 Å². The fourth-order valence-corrected chi connectivity index (χ4v) is 1.56. The molecular weight excluding hydrogens is 246 g/mol. The van der Waals surface area contributed by atoms with Crippen molar-refractivity contribution in [2.45, 2.75) is 6.42 Å². The van der Waals surface area contributed by atoms with Crippen LogP contribution in [0.15, 0.2) is 48.8 Å². The Morgan fingerprint density at radius 1 is 1.16 bits per heavy atom. The molecule has 1 aromatic heterocycles. The van der Waals surface area contributed by atoms with Crippen LogP contribution in [0.3, 0.4) is 0 Å². The van der Waals surface area contributed by atoms with E-state index in [0.29, 0.717) is 5.56 Å². The van der Waals surface area contributed by atoms with Crippen LogP contribution in [0.1, 0.15) is 15.9 Å². The van der Waals surface area contributed by atoms with Gasteiger partial charge in [-0.15, -0.1) is 0 Å². The van der Waals surface area contributed by atoms with Gasteiger partial charge in [0.2, 0.25) is 0 Å². The Morgan fingerprint density at radius 2 is 1.95 bits per heavy atom. The molecule has 96 valence electrons. The van der Waals surface area contributed by atoms with Crippen LogP contribution in [0.4, 0.5) is 0 Å². The molecule has 0 unspecified atom stereocenters. The predicted molar refractivity (Wildman–Crippen MR) is 67.0 cm³/mol. The Hall–Kier alpha value is -2.69. The molecule has 19 heavy (non-hydrogen) atoms. The zero-order chi connectivity index (χ0) is 13.7. The van der Waals surface area contributed by atoms with Gasteiger partial charge in [-0.25, -0.2) is 4.79 Å². The average Bonchev–Trinajstić information content (AvgIpc) is 2.40. The van der Waals surface area contributed by atoms with Crippen molar-refractivity contribution < 1.29 is 19.4 Å². The summed E-state index contributed by atoms with van der Waals surface area (Å²) in [4.78, 5) is 26.6. The minimum Gasteiger partial charge on any atom is -0.478 e. The van der Waals surface area contributed by atoms with Crippen LogP contribution >= 0.6 is 0 Å². The van der Waals surface area contributed by atoms with Gasteiger partial charge in [0, 0.05) is 12.4 Å². The lowest BCUT2D eigenvalue weighted by Gasteiger charge is -2.06. The van der Waals surface area contributed by atoms with E-state index in [1.165, 1.54) is 12.1 Å². The first kappa shape index (κ1) is 12.8. The molecule has 1 aromatic carbocycles. The maximum atomic E-state index is 11.7. The summed E-state index contributed by atoms with van der Waals surface area (Å²) in [5, 5.41) is 8.97. The van der Waals surface area contributed by atoms with E-state index in [2.05, 4.69) is 4.98 Å². The highest BCUT2D eigenvalue weighted by Crippen LogP contribution is 2.18. The van der Waals surface area contributed by atoms with Crippen LogP contribution in [0.5, 0.6) is 5.75 Å². The summed E-state index contributed by atoms with van der Waals surface area (Å²) in [5.41, 5.74) is 0.669. The highest BCUT2D eigenvalue weighted by molar-refractivity contribution is 5.92. The second-order valence-electron chi connectivity index (χ2n) is 3.81. The van der Waals surface area contributed by atoms with Gasteiger partial charge < -0.3 is 9.84 Å². The van der Waals surface area contributed by atoms with Gasteiger partial charge in [0.15, 0.2) is 0 Å². The number of para-hydroxylation sites is 1. The molecule has 0 amide bonds. The van der Waals surface area contributed by atoms with Crippen molar-refractivity contribution in [3.05, 3.63) is 59.9 Å². The SMILES string of the molecule is O=C(Cc1cccnc1)Oc1ccccc1C(=O)O. The zero-order valence-electron chi connectivity index (χ0n) is 9.95. The molecule has 5 heteroatoms. The van der Waals surface area contributed by atoms with Crippen LogP contribution in [0.25, 0.3) is 0 Å². The van der Waals surface area contributed by atoms with Crippen LogP contribution in [-0.2, 0) is 11.2 Å². The van der Waals surface area contributed by atoms with Gasteiger partial charge in [0.05, 0.1) is 6.42 Å². The molecule has 2 rings (SSSR count). The Morgan fingerprint density at radius 3 is 2.63 bits per heavy atom. The van der Waals surface area contributed by atoms with E-state index < -0.39 is 11.9 Å². The van der Waals surface area contributed by atoms with Crippen molar-refractivity contribution >= 4 is 11.9 Å². The van der Waals surface area contributed by atoms with Crippen molar-refractivity contribution in [1.29, 1.82) is 0 Å². The molecule has 0 aliphatic heterocycles. The topological polar surface area (TPSA) is 76.5 Å². The molecule has 2 aromatic rings. The summed E-state index contributed by atoms with van der Waals surface area (Å²) in [7, 11) is 0. The molecule has 1 N–H and O–H groups in total. The number of aromatic carboxylic acids is 1. The third-order valence-electron chi connectivity index (χ3n) is 2.41. The number of hydrogen-bond acceptors (Lipinski definition) is 4. The Kier molecular flexibility index (Phi) is 3.87. The number of nitrogens with zero attached hydrogens (tertiary/aromatic N) is 1. The van der Waals surface area contributed by atoms with E-state index in [4.69, 9.17) is 9.84 Å². The van der Waals surface area contributed by atoms with Gasteiger partial charge in [-0.05, 0) is 23.8 Å². The van der Waals surface area contributed by atoms with Crippen LogP contribution in [0, 0.1) is 0 Å². The van der Waals surface area contributed by atoms with Gasteiger partial charge >= 0.3 is 11.9 Å². The van der Waals surface area contributed by atoms with Gasteiger partial charge in [-0.1, -0.05) is 18.2 Å². The van der Waals surface area contributed by atoms with Crippen molar-refractivity contribution in [3.63, 3.8) is 0 Å². The van der Waals surface area contributed by atoms with Crippen LogP contribution < -0.4 is 4.74 Å². The highest BCUT2D eigenvalue weighted by atomic mass is 16.5. The molecule has 0 bridgehead atoms. The molecule has 0 aliphatic rings. The fraction of sp³-hybridized carbons (Fsp3) is 0.0714. The first-order valence-electron chi connectivity index (χ1n) is 5.58. The fourth-order valence-electron chi connectivity index (χ4n) is 1.56. The Balaban J connectivity index is 2.09. The number of ether oxygens (including phenoxy) is 1. The van der Waals surface area contributed by atoms with Gasteiger partial charge in [0.1, 0.15) is 11.3 Å². The molecule has 0 spiro atoms. The average molecular weight is 257 g/mol. The monoisotopic (exact) mass is 257 g/mol. The van der Waals surface area contributed by atoms with Gasteiger partial charge in [0.25, 0.3) is 0 Å². The smallest absolute Gasteiger partial charge is 0.339 e. The first-order valence-corrected chi connectivity index (χ1v) is 5.58. The Bertz CT molecular complexity index is 595. The van der Waals surface area contributed by atoms with E-state index >= 15 is 0 Å². The summed E-state index contributed by atoms with van der Waals surface area (Å²) in [5.74, 6) is -1.62. The highest BCUT2D eigenvalue weighted by Gasteiger charge is 2.14. The van der Waals surface area contributed by atoms with Crippen LogP contribution in [-0.4, -0.2) is 22.0 Å². The molecule has 0 saturated heterocycles. The largest absolute Gasteiger partial charge is 0.478 e. The quantitative estimate of drug-likeness (QED) is 0.669. The Labute approximate surface area is 109 Å². The van der Waals surface area contributed by atoms with E-state index in [1.807, 2.05) is 0 Å². The molecule has 0 saturated carbocycles. The zero-order valence-corrected chi connectivity index (χ0v) is 9.95. The summed E-state index contributed by atoms with van der Waals surface area (Å²) < 4.78 is 5.06. The third-order valence-corrected chi connectivity index (χ3v) is 2.41. The van der Waals surface area contributed by atoms with Gasteiger partial charge in [-0.2, -0.15) is 0 Å². The third kappa shape index (κ3) is 3.38. The molecule has 5 nitrogen and oxygen atoms in total. The number of carbonyl (C=O) groups is 2. The summed E-state index contributed by atoms with van der Waals surface area (Å²) in [6, 6.07) is 9.48. The summed E-state index contributed by atoms with van der Waals surface area (Å²) in [6.45, 7) is 0. The lowest BCUT2D eigenvalue weighted by atomic mass is 10.2. The number of rotatable bonds is 4. The molecular formula is C14H11NO4. The minimum absolute atomic E-state index is 0.0398. The molecule has 0 aliphatic carbocycles. The number of carboxylic acids is 1. The molecule has 0 atom stereocenters. The lowest BCUT2D eigenvalue weighted by Crippen LogP contribution is -2.13. The number of hydrogen-bond donors (Lipinski definition) is 1. The number of esters is 1. The molecule has 0 radical (unpaired) electrons. The van der Waals surface area contributed by atoms with Crippen molar-refractivity contribution in [1.82, 2.24) is 4.98 Å². The van der Waals surface area contributed by atoms with Crippen LogP contribution in [0.2, 0.25) is 0 Å². The summed E-state index contributed by atoms with van der Waals surface area (Å²) in [6.07, 6.45) is 3.21. The maximum absolute atomic E-state index is 11.7. The molecule has 0 fully saturated rings. The second-order valence-corrected chi connectivity index (χ2v) is 3.81. The van der Waals surface area contributed by atoms with Gasteiger partial charge in [-0.3, -0.25) is 9.78 Å². The van der Waals surface area contributed by atoms with E-state index in [-0.39, 0.29) is 17.7 Å². The lowest BCUT2D eigenvalue weighted by molar-refractivity contribution is -0.133.